The van der Waals surface area contributed by atoms with Gasteiger partial charge < -0.3 is 29.4 Å². The summed E-state index contributed by atoms with van der Waals surface area (Å²) in [7, 11) is 2.96. The lowest BCUT2D eigenvalue weighted by molar-refractivity contribution is 0.122. The maximum Gasteiger partial charge on any atom is 0.277 e. The minimum absolute atomic E-state index is 0.210. The van der Waals surface area contributed by atoms with E-state index >= 15 is 0 Å². The number of morpholine rings is 1. The molecule has 164 valence electrons. The molecule has 0 atom stereocenters. The van der Waals surface area contributed by atoms with E-state index in [2.05, 4.69) is 0 Å². The molecule has 2 aromatic carbocycles. The predicted molar refractivity (Wildman–Crippen MR) is 114 cm³/mol. The molecule has 0 saturated carbocycles. The number of nitrogens with two attached hydrogens (primary N) is 1. The first-order valence-corrected chi connectivity index (χ1v) is 9.79. The van der Waals surface area contributed by atoms with Gasteiger partial charge in [0, 0.05) is 30.1 Å². The maximum absolute atomic E-state index is 14.4. The Morgan fingerprint density at radius 3 is 2.29 bits per heavy atom. The first-order chi connectivity index (χ1) is 15.0. The zero-order valence-corrected chi connectivity index (χ0v) is 17.3. The van der Waals surface area contributed by atoms with Gasteiger partial charge in [0.15, 0.2) is 11.5 Å². The second kappa shape index (κ2) is 8.43. The number of halogens is 2. The fraction of sp³-hybridized carbons (Fsp3) is 0.318. The molecule has 0 bridgehead atoms. The third-order valence-corrected chi connectivity index (χ3v) is 5.49. The number of benzene rings is 2. The lowest BCUT2D eigenvalue weighted by Gasteiger charge is -2.30. The number of nitrogen functional groups attached to an aromatic ring is 1. The molecule has 0 amide bonds. The van der Waals surface area contributed by atoms with E-state index in [9.17, 15) is 13.6 Å². The number of hydrogen-bond donors (Lipinski definition) is 1. The molecule has 2 heterocycles. The van der Waals surface area contributed by atoms with Crippen molar-refractivity contribution in [3.63, 3.8) is 0 Å². The van der Waals surface area contributed by atoms with E-state index in [1.807, 2.05) is 4.90 Å². The average molecular weight is 431 g/mol. The van der Waals surface area contributed by atoms with Gasteiger partial charge >= 0.3 is 0 Å². The Hall–Kier alpha value is -3.33. The number of rotatable bonds is 5. The Kier molecular flexibility index (Phi) is 5.69. The highest BCUT2D eigenvalue weighted by Gasteiger charge is 2.24. The van der Waals surface area contributed by atoms with Gasteiger partial charge in [0.05, 0.1) is 45.2 Å². The minimum atomic E-state index is -0.731. The zero-order chi connectivity index (χ0) is 22.1. The Morgan fingerprint density at radius 2 is 1.68 bits per heavy atom. The Bertz CT molecular complexity index is 1170. The number of methoxy groups -OCH3 is 2. The van der Waals surface area contributed by atoms with Crippen LogP contribution in [0.15, 0.2) is 35.1 Å². The number of fused-ring (bicyclic) bond motifs is 1. The standard InChI is InChI=1S/C22H23F2N3O4/c1-29-18-10-13-17(11-19(18)30-2)27(12-14-15(23)4-3-5-16(14)24)22(28)21(20(13)25)26-6-8-31-9-7-26/h3-5,10-11H,6-9,12,25H2,1-2H3. The third kappa shape index (κ3) is 3.65. The molecule has 7 nitrogen and oxygen atoms in total. The van der Waals surface area contributed by atoms with Crippen molar-refractivity contribution in [1.82, 2.24) is 4.57 Å². The van der Waals surface area contributed by atoms with Gasteiger partial charge in [-0.1, -0.05) is 6.07 Å². The molecule has 2 N–H and O–H groups in total. The van der Waals surface area contributed by atoms with Gasteiger partial charge in [-0.15, -0.1) is 0 Å². The number of aromatic nitrogens is 1. The normalized spacial score (nSPS) is 14.1. The molecule has 1 aliphatic rings. The zero-order valence-electron chi connectivity index (χ0n) is 17.3. The van der Waals surface area contributed by atoms with E-state index < -0.39 is 17.2 Å². The van der Waals surface area contributed by atoms with Gasteiger partial charge in [0.25, 0.3) is 5.56 Å². The van der Waals surface area contributed by atoms with Crippen LogP contribution in [0.5, 0.6) is 11.5 Å². The van der Waals surface area contributed by atoms with Crippen LogP contribution in [-0.2, 0) is 11.3 Å². The van der Waals surface area contributed by atoms with Crippen molar-refractivity contribution in [2.45, 2.75) is 6.54 Å². The molecule has 9 heteroatoms. The second-order valence-corrected chi connectivity index (χ2v) is 7.18. The summed E-state index contributed by atoms with van der Waals surface area (Å²) in [5.41, 5.74) is 6.73. The number of anilines is 2. The lowest BCUT2D eigenvalue weighted by Crippen LogP contribution is -2.41. The molecule has 0 radical (unpaired) electrons. The van der Waals surface area contributed by atoms with E-state index in [0.29, 0.717) is 48.7 Å². The van der Waals surface area contributed by atoms with E-state index in [0.717, 1.165) is 12.1 Å². The highest BCUT2D eigenvalue weighted by molar-refractivity contribution is 5.98. The molecule has 1 fully saturated rings. The Labute approximate surface area is 177 Å². The lowest BCUT2D eigenvalue weighted by atomic mass is 10.1. The summed E-state index contributed by atoms with van der Waals surface area (Å²) in [6.45, 7) is 1.55. The van der Waals surface area contributed by atoms with Crippen molar-refractivity contribution in [3.05, 3.63) is 57.9 Å². The molecular weight excluding hydrogens is 408 g/mol. The SMILES string of the molecule is COc1cc2c(N)c(N3CCOCC3)c(=O)n(Cc3c(F)cccc3F)c2cc1OC. The molecule has 0 unspecified atom stereocenters. The maximum atomic E-state index is 14.4. The summed E-state index contributed by atoms with van der Waals surface area (Å²) in [5, 5.41) is 0.524. The summed E-state index contributed by atoms with van der Waals surface area (Å²) >= 11 is 0. The van der Waals surface area contributed by atoms with Crippen LogP contribution in [0.4, 0.5) is 20.2 Å². The first-order valence-electron chi connectivity index (χ1n) is 9.79. The van der Waals surface area contributed by atoms with Gasteiger partial charge in [-0.05, 0) is 18.2 Å². The van der Waals surface area contributed by atoms with Crippen LogP contribution in [0.25, 0.3) is 10.9 Å². The average Bonchev–Trinajstić information content (AvgIpc) is 2.78. The van der Waals surface area contributed by atoms with E-state index in [1.54, 1.807) is 12.1 Å². The largest absolute Gasteiger partial charge is 0.493 e. The van der Waals surface area contributed by atoms with Crippen LogP contribution in [0.1, 0.15) is 5.56 Å². The van der Waals surface area contributed by atoms with Crippen LogP contribution in [0.2, 0.25) is 0 Å². The van der Waals surface area contributed by atoms with Crippen molar-refractivity contribution in [3.8, 4) is 11.5 Å². The number of pyridine rings is 1. The van der Waals surface area contributed by atoms with E-state index in [1.165, 1.54) is 24.9 Å². The first kappa shape index (κ1) is 20.9. The summed E-state index contributed by atoms with van der Waals surface area (Å²) in [6.07, 6.45) is 0. The topological polar surface area (TPSA) is 79.0 Å². The molecule has 4 rings (SSSR count). The van der Waals surface area contributed by atoms with Crippen molar-refractivity contribution >= 4 is 22.3 Å². The van der Waals surface area contributed by atoms with Crippen LogP contribution in [0.3, 0.4) is 0 Å². The Balaban J connectivity index is 2.02. The molecule has 1 aromatic heterocycles. The number of ether oxygens (including phenoxy) is 3. The van der Waals surface area contributed by atoms with Gasteiger partial charge in [-0.2, -0.15) is 0 Å². The summed E-state index contributed by atoms with van der Waals surface area (Å²) in [4.78, 5) is 15.4. The van der Waals surface area contributed by atoms with Gasteiger partial charge in [-0.3, -0.25) is 4.79 Å². The molecule has 3 aromatic rings. The van der Waals surface area contributed by atoms with Crippen LogP contribution in [-0.4, -0.2) is 45.1 Å². The molecule has 31 heavy (non-hydrogen) atoms. The number of hydrogen-bond acceptors (Lipinski definition) is 6. The van der Waals surface area contributed by atoms with Crippen LogP contribution >= 0.6 is 0 Å². The number of nitrogens with zero attached hydrogens (tertiary/aromatic N) is 2. The molecule has 0 spiro atoms. The van der Waals surface area contributed by atoms with E-state index in [4.69, 9.17) is 19.9 Å². The van der Waals surface area contributed by atoms with Crippen LogP contribution in [0, 0.1) is 11.6 Å². The summed E-state index contributed by atoms with van der Waals surface area (Å²) in [6, 6.07) is 6.87. The molecular formula is C22H23F2N3O4. The van der Waals surface area contributed by atoms with Gasteiger partial charge in [-0.25, -0.2) is 8.78 Å². The van der Waals surface area contributed by atoms with Crippen LogP contribution < -0.4 is 25.7 Å². The monoisotopic (exact) mass is 431 g/mol. The fourth-order valence-electron chi connectivity index (χ4n) is 3.88. The molecule has 1 saturated heterocycles. The third-order valence-electron chi connectivity index (χ3n) is 5.49. The fourth-order valence-corrected chi connectivity index (χ4v) is 3.88. The summed E-state index contributed by atoms with van der Waals surface area (Å²) < 4.78 is 46.3. The van der Waals surface area contributed by atoms with Gasteiger partial charge in [0.2, 0.25) is 0 Å². The highest BCUT2D eigenvalue weighted by atomic mass is 19.1. The van der Waals surface area contributed by atoms with E-state index in [-0.39, 0.29) is 23.5 Å². The molecule has 1 aliphatic heterocycles. The van der Waals surface area contributed by atoms with Gasteiger partial charge in [0.1, 0.15) is 17.3 Å². The minimum Gasteiger partial charge on any atom is -0.493 e. The van der Waals surface area contributed by atoms with Crippen molar-refractivity contribution in [2.75, 3.05) is 51.2 Å². The highest BCUT2D eigenvalue weighted by Crippen LogP contribution is 2.37. The van der Waals surface area contributed by atoms with Crippen molar-refractivity contribution < 1.29 is 23.0 Å². The predicted octanol–water partition coefficient (Wildman–Crippen LogP) is 2.76. The molecule has 0 aliphatic carbocycles. The van der Waals surface area contributed by atoms with Crippen molar-refractivity contribution in [2.24, 2.45) is 0 Å². The smallest absolute Gasteiger partial charge is 0.277 e. The Morgan fingerprint density at radius 1 is 1.06 bits per heavy atom. The van der Waals surface area contributed by atoms with Crippen molar-refractivity contribution in [1.29, 1.82) is 0 Å². The second-order valence-electron chi connectivity index (χ2n) is 7.18. The quantitative estimate of drug-likeness (QED) is 0.669. The summed E-state index contributed by atoms with van der Waals surface area (Å²) in [5.74, 6) is -0.664.